The van der Waals surface area contributed by atoms with E-state index >= 15 is 0 Å². The van der Waals surface area contributed by atoms with Crippen molar-refractivity contribution in [2.24, 2.45) is 0 Å². The van der Waals surface area contributed by atoms with Crippen LogP contribution in [0.4, 0.5) is 4.39 Å². The van der Waals surface area contributed by atoms with Crippen LogP contribution in [0.3, 0.4) is 0 Å². The fraction of sp³-hybridized carbons (Fsp3) is 0.214. The Kier molecular flexibility index (Phi) is 4.36. The van der Waals surface area contributed by atoms with Gasteiger partial charge in [0.25, 0.3) is 0 Å². The van der Waals surface area contributed by atoms with E-state index in [1.54, 1.807) is 12.3 Å². The van der Waals surface area contributed by atoms with E-state index in [0.29, 0.717) is 10.9 Å². The Morgan fingerprint density at radius 3 is 2.83 bits per heavy atom. The van der Waals surface area contributed by atoms with Gasteiger partial charge in [-0.05, 0) is 36.2 Å². The molecule has 0 aliphatic carbocycles. The molecule has 0 saturated carbocycles. The smallest absolute Gasteiger partial charge is 0.124 e. The molecule has 0 radical (unpaired) electrons. The number of alkyl halides is 1. The molecule has 0 amide bonds. The molecular formula is C14H12BrClFN. The van der Waals surface area contributed by atoms with Crippen LogP contribution in [0, 0.1) is 12.7 Å². The number of rotatable bonds is 3. The summed E-state index contributed by atoms with van der Waals surface area (Å²) >= 11 is 9.71. The standard InChI is InChI=1S/C14H12BrClFN/c1-9-3-2-6-18-14(9)8-13(16)11-5-4-10(17)7-12(11)15/h2-7,13H,8H2,1H3. The van der Waals surface area contributed by atoms with E-state index in [-0.39, 0.29) is 11.2 Å². The SMILES string of the molecule is Cc1cccnc1CC(Cl)c1ccc(F)cc1Br. The molecule has 1 aromatic carbocycles. The molecule has 0 bridgehead atoms. The topological polar surface area (TPSA) is 12.9 Å². The Bertz CT molecular complexity index is 559. The van der Waals surface area contributed by atoms with Gasteiger partial charge in [0.15, 0.2) is 0 Å². The Morgan fingerprint density at radius 1 is 1.39 bits per heavy atom. The third kappa shape index (κ3) is 3.09. The van der Waals surface area contributed by atoms with E-state index in [9.17, 15) is 4.39 Å². The summed E-state index contributed by atoms with van der Waals surface area (Å²) in [6, 6.07) is 8.45. The van der Waals surface area contributed by atoms with Gasteiger partial charge in [0.1, 0.15) is 5.82 Å². The van der Waals surface area contributed by atoms with Crippen molar-refractivity contribution >= 4 is 27.5 Å². The summed E-state index contributed by atoms with van der Waals surface area (Å²) in [5.74, 6) is -0.275. The molecule has 2 aromatic rings. The number of aryl methyl sites for hydroxylation is 1. The molecule has 1 atom stereocenters. The minimum Gasteiger partial charge on any atom is -0.261 e. The van der Waals surface area contributed by atoms with Gasteiger partial charge in [-0.3, -0.25) is 4.98 Å². The van der Waals surface area contributed by atoms with Crippen molar-refractivity contribution in [3.8, 4) is 0 Å². The van der Waals surface area contributed by atoms with Crippen LogP contribution in [0.1, 0.15) is 22.2 Å². The first-order valence-electron chi connectivity index (χ1n) is 5.57. The Hall–Kier alpha value is -0.930. The summed E-state index contributed by atoms with van der Waals surface area (Å²) in [7, 11) is 0. The molecule has 0 N–H and O–H groups in total. The second kappa shape index (κ2) is 5.81. The third-order valence-electron chi connectivity index (χ3n) is 2.79. The van der Waals surface area contributed by atoms with Crippen molar-refractivity contribution in [2.45, 2.75) is 18.7 Å². The number of nitrogens with zero attached hydrogens (tertiary/aromatic N) is 1. The number of hydrogen-bond acceptors (Lipinski definition) is 1. The molecule has 1 unspecified atom stereocenters. The minimum atomic E-state index is -0.275. The van der Waals surface area contributed by atoms with E-state index in [1.165, 1.54) is 12.1 Å². The van der Waals surface area contributed by atoms with Crippen molar-refractivity contribution in [3.63, 3.8) is 0 Å². The lowest BCUT2D eigenvalue weighted by Crippen LogP contribution is -2.01. The average molecular weight is 329 g/mol. The molecule has 2 rings (SSSR count). The van der Waals surface area contributed by atoms with Crippen LogP contribution in [-0.2, 0) is 6.42 Å². The lowest BCUT2D eigenvalue weighted by molar-refractivity contribution is 0.625. The number of halogens is 3. The van der Waals surface area contributed by atoms with Crippen LogP contribution in [0.15, 0.2) is 41.0 Å². The monoisotopic (exact) mass is 327 g/mol. The zero-order chi connectivity index (χ0) is 13.1. The normalized spacial score (nSPS) is 12.4. The highest BCUT2D eigenvalue weighted by molar-refractivity contribution is 9.10. The van der Waals surface area contributed by atoms with Gasteiger partial charge in [0.2, 0.25) is 0 Å². The summed E-state index contributed by atoms with van der Waals surface area (Å²) in [6.45, 7) is 2.01. The predicted octanol–water partition coefficient (Wildman–Crippen LogP) is 4.81. The fourth-order valence-electron chi connectivity index (χ4n) is 1.77. The van der Waals surface area contributed by atoms with E-state index < -0.39 is 0 Å². The van der Waals surface area contributed by atoms with Crippen LogP contribution < -0.4 is 0 Å². The maximum atomic E-state index is 13.0. The third-order valence-corrected chi connectivity index (χ3v) is 3.87. The largest absolute Gasteiger partial charge is 0.261 e. The highest BCUT2D eigenvalue weighted by atomic mass is 79.9. The van der Waals surface area contributed by atoms with Gasteiger partial charge in [0, 0.05) is 22.8 Å². The Labute approximate surface area is 119 Å². The number of pyridine rings is 1. The Morgan fingerprint density at radius 2 is 2.17 bits per heavy atom. The molecular weight excluding hydrogens is 317 g/mol. The summed E-state index contributed by atoms with van der Waals surface area (Å²) in [6.07, 6.45) is 2.38. The summed E-state index contributed by atoms with van der Waals surface area (Å²) in [5.41, 5.74) is 2.96. The average Bonchev–Trinajstić information content (AvgIpc) is 2.32. The van der Waals surface area contributed by atoms with Gasteiger partial charge in [-0.2, -0.15) is 0 Å². The van der Waals surface area contributed by atoms with Crippen molar-refractivity contribution < 1.29 is 4.39 Å². The van der Waals surface area contributed by atoms with Gasteiger partial charge in [-0.15, -0.1) is 11.6 Å². The molecule has 0 fully saturated rings. The van der Waals surface area contributed by atoms with Gasteiger partial charge in [-0.1, -0.05) is 28.1 Å². The lowest BCUT2D eigenvalue weighted by Gasteiger charge is -2.12. The van der Waals surface area contributed by atoms with Crippen LogP contribution in [-0.4, -0.2) is 4.98 Å². The molecule has 0 saturated heterocycles. The first-order valence-corrected chi connectivity index (χ1v) is 6.80. The molecule has 4 heteroatoms. The van der Waals surface area contributed by atoms with E-state index in [1.807, 2.05) is 19.1 Å². The lowest BCUT2D eigenvalue weighted by atomic mass is 10.0. The fourth-order valence-corrected chi connectivity index (χ4v) is 2.86. The molecule has 1 heterocycles. The maximum absolute atomic E-state index is 13.0. The summed E-state index contributed by atoms with van der Waals surface area (Å²) < 4.78 is 13.7. The Balaban J connectivity index is 2.22. The zero-order valence-electron chi connectivity index (χ0n) is 9.83. The zero-order valence-corrected chi connectivity index (χ0v) is 12.2. The van der Waals surface area contributed by atoms with Crippen molar-refractivity contribution in [2.75, 3.05) is 0 Å². The quantitative estimate of drug-likeness (QED) is 0.737. The van der Waals surface area contributed by atoms with Crippen molar-refractivity contribution in [1.29, 1.82) is 0 Å². The second-order valence-corrected chi connectivity index (χ2v) is 5.49. The van der Waals surface area contributed by atoms with E-state index in [2.05, 4.69) is 20.9 Å². The summed E-state index contributed by atoms with van der Waals surface area (Å²) in [5, 5.41) is -0.228. The van der Waals surface area contributed by atoms with Gasteiger partial charge in [0.05, 0.1) is 5.38 Å². The second-order valence-electron chi connectivity index (χ2n) is 4.10. The molecule has 94 valence electrons. The van der Waals surface area contributed by atoms with Crippen LogP contribution in [0.25, 0.3) is 0 Å². The molecule has 0 aliphatic rings. The van der Waals surface area contributed by atoms with Gasteiger partial charge in [-0.25, -0.2) is 4.39 Å². The highest BCUT2D eigenvalue weighted by Gasteiger charge is 2.14. The van der Waals surface area contributed by atoms with Crippen molar-refractivity contribution in [1.82, 2.24) is 4.98 Å². The highest BCUT2D eigenvalue weighted by Crippen LogP contribution is 2.31. The maximum Gasteiger partial charge on any atom is 0.124 e. The predicted molar refractivity (Wildman–Crippen MR) is 75.4 cm³/mol. The van der Waals surface area contributed by atoms with Gasteiger partial charge >= 0.3 is 0 Å². The molecule has 1 aromatic heterocycles. The molecule has 1 nitrogen and oxygen atoms in total. The van der Waals surface area contributed by atoms with Crippen molar-refractivity contribution in [3.05, 3.63) is 63.6 Å². The summed E-state index contributed by atoms with van der Waals surface area (Å²) in [4.78, 5) is 4.32. The van der Waals surface area contributed by atoms with Crippen LogP contribution in [0.2, 0.25) is 0 Å². The molecule has 0 spiro atoms. The number of hydrogen-bond donors (Lipinski definition) is 0. The van der Waals surface area contributed by atoms with E-state index in [0.717, 1.165) is 16.8 Å². The minimum absolute atomic E-state index is 0.228. The molecule has 18 heavy (non-hydrogen) atoms. The molecule has 0 aliphatic heterocycles. The van der Waals surface area contributed by atoms with Crippen LogP contribution >= 0.6 is 27.5 Å². The first-order chi connectivity index (χ1) is 8.58. The number of benzene rings is 1. The number of aromatic nitrogens is 1. The van der Waals surface area contributed by atoms with Crippen LogP contribution in [0.5, 0.6) is 0 Å². The van der Waals surface area contributed by atoms with E-state index in [4.69, 9.17) is 11.6 Å². The van der Waals surface area contributed by atoms with Gasteiger partial charge < -0.3 is 0 Å². The first kappa shape index (κ1) is 13.5.